The fraction of sp³-hybridized carbons (Fsp3) is 0.278. The van der Waals surface area contributed by atoms with Crippen LogP contribution in [0.5, 0.6) is 5.88 Å². The van der Waals surface area contributed by atoms with Gasteiger partial charge in [-0.15, -0.1) is 0 Å². The summed E-state index contributed by atoms with van der Waals surface area (Å²) in [6.45, 7) is 5.06. The lowest BCUT2D eigenvalue weighted by Gasteiger charge is -2.11. The molecule has 0 unspecified atom stereocenters. The third-order valence-electron chi connectivity index (χ3n) is 3.40. The molecule has 0 aliphatic carbocycles. The zero-order chi connectivity index (χ0) is 19.8. The molecule has 2 heterocycles. The zero-order valence-electron chi connectivity index (χ0n) is 15.2. The summed E-state index contributed by atoms with van der Waals surface area (Å²) in [6.07, 6.45) is 4.28. The van der Waals surface area contributed by atoms with Gasteiger partial charge in [0, 0.05) is 24.2 Å². The van der Waals surface area contributed by atoms with E-state index >= 15 is 0 Å². The largest absolute Gasteiger partial charge is 0.493 e. The monoisotopic (exact) mass is 372 g/mol. The van der Waals surface area contributed by atoms with Crippen molar-refractivity contribution in [1.82, 2.24) is 15.0 Å². The predicted octanol–water partition coefficient (Wildman–Crippen LogP) is 1.97. The Hall–Kier alpha value is -3.49. The van der Waals surface area contributed by atoms with E-state index in [1.807, 2.05) is 0 Å². The molecular weight excluding hydrogens is 352 g/mol. The van der Waals surface area contributed by atoms with Crippen LogP contribution >= 0.6 is 0 Å². The first-order valence-corrected chi connectivity index (χ1v) is 8.26. The second-order valence-corrected chi connectivity index (χ2v) is 5.22. The van der Waals surface area contributed by atoms with E-state index in [1.165, 1.54) is 0 Å². The molecule has 0 radical (unpaired) electrons. The number of nitrogens with one attached hydrogen (secondary N) is 1. The Labute approximate surface area is 156 Å². The van der Waals surface area contributed by atoms with Crippen LogP contribution in [0.1, 0.15) is 19.4 Å². The van der Waals surface area contributed by atoms with Crippen molar-refractivity contribution < 1.29 is 24.2 Å². The van der Waals surface area contributed by atoms with Gasteiger partial charge in [0.25, 0.3) is 0 Å². The second-order valence-electron chi connectivity index (χ2n) is 5.22. The summed E-state index contributed by atoms with van der Waals surface area (Å²) in [4.78, 5) is 36.3. The molecule has 0 aromatic carbocycles. The molecule has 142 valence electrons. The fourth-order valence-corrected chi connectivity index (χ4v) is 2.03. The lowest BCUT2D eigenvalue weighted by atomic mass is 10.2. The highest BCUT2D eigenvalue weighted by Crippen LogP contribution is 2.25. The SMILES string of the molecule is CCOC(=O)C(=CNc1nc(-c2ccncc2)nc(O)c1C)C(=O)OCC. The molecule has 0 atom stereocenters. The van der Waals surface area contributed by atoms with Crippen LogP contribution in [0.2, 0.25) is 0 Å². The number of carbonyl (C=O) groups is 2. The summed E-state index contributed by atoms with van der Waals surface area (Å²) in [7, 11) is 0. The van der Waals surface area contributed by atoms with Crippen molar-refractivity contribution in [2.24, 2.45) is 0 Å². The molecule has 2 aromatic heterocycles. The molecule has 2 rings (SSSR count). The predicted molar refractivity (Wildman–Crippen MR) is 96.6 cm³/mol. The molecular formula is C18H20N4O5. The van der Waals surface area contributed by atoms with Gasteiger partial charge in [-0.2, -0.15) is 4.98 Å². The molecule has 0 amide bonds. The Morgan fingerprint density at radius 1 is 1.11 bits per heavy atom. The summed E-state index contributed by atoms with van der Waals surface area (Å²) < 4.78 is 9.74. The average molecular weight is 372 g/mol. The number of aromatic hydroxyl groups is 1. The normalized spacial score (nSPS) is 10.0. The second kappa shape index (κ2) is 9.27. The van der Waals surface area contributed by atoms with Crippen molar-refractivity contribution >= 4 is 17.8 Å². The van der Waals surface area contributed by atoms with Crippen molar-refractivity contribution in [3.05, 3.63) is 41.9 Å². The number of pyridine rings is 1. The number of ether oxygens (including phenoxy) is 2. The lowest BCUT2D eigenvalue weighted by Crippen LogP contribution is -2.19. The minimum Gasteiger partial charge on any atom is -0.493 e. The third-order valence-corrected chi connectivity index (χ3v) is 3.40. The zero-order valence-corrected chi connectivity index (χ0v) is 15.2. The quantitative estimate of drug-likeness (QED) is 0.325. The van der Waals surface area contributed by atoms with Crippen LogP contribution < -0.4 is 5.32 Å². The standard InChI is InChI=1S/C18H20N4O5/c1-4-26-17(24)13(18(25)27-5-2)10-20-14-11(3)16(23)22-15(21-14)12-6-8-19-9-7-12/h6-10H,4-5H2,1-3H3,(H2,20,21,22,23). The van der Waals surface area contributed by atoms with E-state index in [2.05, 4.69) is 20.3 Å². The van der Waals surface area contributed by atoms with Crippen molar-refractivity contribution in [3.8, 4) is 17.3 Å². The molecule has 2 N–H and O–H groups in total. The van der Waals surface area contributed by atoms with E-state index in [1.54, 1.807) is 45.3 Å². The number of anilines is 1. The smallest absolute Gasteiger partial charge is 0.347 e. The van der Waals surface area contributed by atoms with Crippen LogP contribution in [-0.4, -0.2) is 45.2 Å². The van der Waals surface area contributed by atoms with E-state index in [0.29, 0.717) is 11.1 Å². The summed E-state index contributed by atoms with van der Waals surface area (Å²) in [5, 5.41) is 12.8. The van der Waals surface area contributed by atoms with Gasteiger partial charge in [-0.3, -0.25) is 4.98 Å². The van der Waals surface area contributed by atoms with Gasteiger partial charge in [-0.1, -0.05) is 0 Å². The van der Waals surface area contributed by atoms with Gasteiger partial charge in [0.2, 0.25) is 5.88 Å². The van der Waals surface area contributed by atoms with Gasteiger partial charge in [0.1, 0.15) is 5.82 Å². The first-order valence-electron chi connectivity index (χ1n) is 8.26. The van der Waals surface area contributed by atoms with E-state index in [0.717, 1.165) is 6.20 Å². The molecule has 9 nitrogen and oxygen atoms in total. The Bertz CT molecular complexity index is 832. The lowest BCUT2D eigenvalue weighted by molar-refractivity contribution is -0.146. The van der Waals surface area contributed by atoms with Crippen molar-refractivity contribution in [3.63, 3.8) is 0 Å². The van der Waals surface area contributed by atoms with E-state index in [9.17, 15) is 14.7 Å². The van der Waals surface area contributed by atoms with Crippen molar-refractivity contribution in [1.29, 1.82) is 0 Å². The third kappa shape index (κ3) is 5.00. The summed E-state index contributed by atoms with van der Waals surface area (Å²) in [5.41, 5.74) is 0.668. The van der Waals surface area contributed by atoms with Gasteiger partial charge < -0.3 is 19.9 Å². The van der Waals surface area contributed by atoms with Gasteiger partial charge in [-0.25, -0.2) is 14.6 Å². The minimum atomic E-state index is -0.825. The average Bonchev–Trinajstić information content (AvgIpc) is 2.66. The Morgan fingerprint density at radius 3 is 2.26 bits per heavy atom. The number of esters is 2. The topological polar surface area (TPSA) is 124 Å². The fourth-order valence-electron chi connectivity index (χ4n) is 2.03. The van der Waals surface area contributed by atoms with Crippen LogP contribution in [0.15, 0.2) is 36.3 Å². The molecule has 0 aliphatic heterocycles. The summed E-state index contributed by atoms with van der Waals surface area (Å²) >= 11 is 0. The number of nitrogens with zero attached hydrogens (tertiary/aromatic N) is 3. The van der Waals surface area contributed by atoms with E-state index in [-0.39, 0.29) is 36.3 Å². The molecule has 2 aromatic rings. The Morgan fingerprint density at radius 2 is 1.70 bits per heavy atom. The molecule has 0 spiro atoms. The van der Waals surface area contributed by atoms with E-state index < -0.39 is 11.9 Å². The van der Waals surface area contributed by atoms with Crippen LogP contribution in [0.3, 0.4) is 0 Å². The number of aromatic nitrogens is 3. The highest BCUT2D eigenvalue weighted by molar-refractivity contribution is 6.14. The first kappa shape index (κ1) is 19.8. The minimum absolute atomic E-state index is 0.106. The van der Waals surface area contributed by atoms with Crippen LogP contribution in [0.4, 0.5) is 5.82 Å². The van der Waals surface area contributed by atoms with Gasteiger partial charge in [0.15, 0.2) is 11.4 Å². The number of hydrogen-bond acceptors (Lipinski definition) is 9. The number of rotatable bonds is 7. The van der Waals surface area contributed by atoms with Gasteiger partial charge in [0.05, 0.1) is 18.8 Å². The molecule has 9 heteroatoms. The van der Waals surface area contributed by atoms with Crippen LogP contribution in [-0.2, 0) is 19.1 Å². The summed E-state index contributed by atoms with van der Waals surface area (Å²) in [5.74, 6) is -1.41. The molecule has 0 saturated carbocycles. The van der Waals surface area contributed by atoms with Crippen molar-refractivity contribution in [2.45, 2.75) is 20.8 Å². The highest BCUT2D eigenvalue weighted by Gasteiger charge is 2.21. The number of hydrogen-bond donors (Lipinski definition) is 2. The van der Waals surface area contributed by atoms with E-state index in [4.69, 9.17) is 9.47 Å². The number of carbonyl (C=O) groups excluding carboxylic acids is 2. The molecule has 0 saturated heterocycles. The maximum Gasteiger partial charge on any atom is 0.347 e. The summed E-state index contributed by atoms with van der Waals surface area (Å²) in [6, 6.07) is 3.37. The van der Waals surface area contributed by atoms with Crippen LogP contribution in [0, 0.1) is 6.92 Å². The van der Waals surface area contributed by atoms with Gasteiger partial charge >= 0.3 is 11.9 Å². The Balaban J connectivity index is 2.38. The highest BCUT2D eigenvalue weighted by atomic mass is 16.6. The molecule has 0 aliphatic rings. The van der Waals surface area contributed by atoms with Gasteiger partial charge in [-0.05, 0) is 32.9 Å². The molecule has 27 heavy (non-hydrogen) atoms. The first-order chi connectivity index (χ1) is 13.0. The molecule has 0 fully saturated rings. The Kier molecular flexibility index (Phi) is 6.81. The van der Waals surface area contributed by atoms with Crippen molar-refractivity contribution in [2.75, 3.05) is 18.5 Å². The maximum atomic E-state index is 12.0. The maximum absolute atomic E-state index is 12.0. The van der Waals surface area contributed by atoms with Crippen LogP contribution in [0.25, 0.3) is 11.4 Å². The molecule has 0 bridgehead atoms.